The van der Waals surface area contributed by atoms with Crippen LogP contribution in [0.1, 0.15) is 32.1 Å². The van der Waals surface area contributed by atoms with E-state index in [2.05, 4.69) is 22.5 Å². The summed E-state index contributed by atoms with van der Waals surface area (Å²) in [5, 5.41) is 12.6. The molecule has 0 saturated heterocycles. The fourth-order valence-electron chi connectivity index (χ4n) is 2.93. The minimum absolute atomic E-state index is 0.0560. The summed E-state index contributed by atoms with van der Waals surface area (Å²) in [7, 11) is 0. The molecule has 0 unspecified atom stereocenters. The molecule has 0 bridgehead atoms. The van der Waals surface area contributed by atoms with E-state index in [1.165, 1.54) is 19.3 Å². The van der Waals surface area contributed by atoms with Crippen LogP contribution in [0.4, 0.5) is 0 Å². The molecule has 0 aromatic heterocycles. The van der Waals surface area contributed by atoms with Crippen LogP contribution in [0.3, 0.4) is 0 Å². The van der Waals surface area contributed by atoms with Crippen molar-refractivity contribution in [3.63, 3.8) is 0 Å². The number of hydrogen-bond donors (Lipinski definition) is 1. The lowest BCUT2D eigenvalue weighted by atomic mass is 9.88. The highest BCUT2D eigenvalue weighted by Crippen LogP contribution is 2.40. The van der Waals surface area contributed by atoms with Gasteiger partial charge in [0.1, 0.15) is 11.7 Å². The van der Waals surface area contributed by atoms with Crippen LogP contribution in [0.2, 0.25) is 0 Å². The molecule has 2 heterocycles. The molecule has 0 aromatic carbocycles. The molecule has 1 saturated carbocycles. The number of hydrogen-bond acceptors (Lipinski definition) is 3. The average Bonchev–Trinajstić information content (AvgIpc) is 2.70. The summed E-state index contributed by atoms with van der Waals surface area (Å²) in [5.41, 5.74) is 1.85. The number of nitriles is 1. The summed E-state index contributed by atoms with van der Waals surface area (Å²) >= 11 is 0. The van der Waals surface area contributed by atoms with E-state index >= 15 is 0 Å². The smallest absolute Gasteiger partial charge is 0.114 e. The van der Waals surface area contributed by atoms with Gasteiger partial charge in [0, 0.05) is 12.4 Å². The third-order valence-electron chi connectivity index (χ3n) is 3.77. The van der Waals surface area contributed by atoms with E-state index < -0.39 is 0 Å². The summed E-state index contributed by atoms with van der Waals surface area (Å²) in [4.78, 5) is 2.25. The lowest BCUT2D eigenvalue weighted by Gasteiger charge is -2.42. The fourth-order valence-corrected chi connectivity index (χ4v) is 2.93. The SMILES string of the molecule is N#CC1=CC=CN2C1=CNC21CCCCC1. The molecule has 0 aromatic rings. The second-order valence-corrected chi connectivity index (χ2v) is 4.67. The fraction of sp³-hybridized carbons (Fsp3) is 0.462. The van der Waals surface area contributed by atoms with Gasteiger partial charge in [-0.1, -0.05) is 6.42 Å². The van der Waals surface area contributed by atoms with Crippen LogP contribution in [0.25, 0.3) is 0 Å². The Morgan fingerprint density at radius 2 is 2.12 bits per heavy atom. The van der Waals surface area contributed by atoms with Gasteiger partial charge in [-0.25, -0.2) is 0 Å². The third-order valence-corrected chi connectivity index (χ3v) is 3.77. The van der Waals surface area contributed by atoms with Gasteiger partial charge in [0.05, 0.1) is 11.3 Å². The number of nitrogens with one attached hydrogen (secondary N) is 1. The molecule has 16 heavy (non-hydrogen) atoms. The first-order valence-corrected chi connectivity index (χ1v) is 5.92. The van der Waals surface area contributed by atoms with Gasteiger partial charge in [0.15, 0.2) is 0 Å². The molecule has 0 amide bonds. The molecule has 3 rings (SSSR count). The van der Waals surface area contributed by atoms with Gasteiger partial charge in [0.2, 0.25) is 0 Å². The van der Waals surface area contributed by atoms with Gasteiger partial charge in [-0.15, -0.1) is 0 Å². The van der Waals surface area contributed by atoms with Crippen LogP contribution < -0.4 is 5.32 Å². The normalized spacial score (nSPS) is 25.6. The molecule has 3 aliphatic rings. The molecular weight excluding hydrogens is 198 g/mol. The van der Waals surface area contributed by atoms with Crippen molar-refractivity contribution in [2.24, 2.45) is 0 Å². The van der Waals surface area contributed by atoms with Crippen molar-refractivity contribution < 1.29 is 0 Å². The van der Waals surface area contributed by atoms with E-state index in [0.717, 1.165) is 24.1 Å². The number of nitrogens with zero attached hydrogens (tertiary/aromatic N) is 2. The second kappa shape index (κ2) is 3.41. The Hall–Kier alpha value is -1.69. The van der Waals surface area contributed by atoms with E-state index in [-0.39, 0.29) is 5.66 Å². The molecule has 1 fully saturated rings. The van der Waals surface area contributed by atoms with Crippen molar-refractivity contribution in [3.8, 4) is 6.07 Å². The monoisotopic (exact) mass is 213 g/mol. The predicted octanol–water partition coefficient (Wildman–Crippen LogP) is 2.37. The molecule has 1 aliphatic carbocycles. The number of fused-ring (bicyclic) bond motifs is 2. The summed E-state index contributed by atoms with van der Waals surface area (Å²) in [6, 6.07) is 2.26. The average molecular weight is 213 g/mol. The topological polar surface area (TPSA) is 39.1 Å². The largest absolute Gasteiger partial charge is 0.367 e. The second-order valence-electron chi connectivity index (χ2n) is 4.67. The number of allylic oxidation sites excluding steroid dienone is 3. The van der Waals surface area contributed by atoms with Crippen LogP contribution in [-0.4, -0.2) is 10.6 Å². The first kappa shape index (κ1) is 9.53. The molecule has 82 valence electrons. The maximum atomic E-state index is 9.08. The highest BCUT2D eigenvalue weighted by Gasteiger charge is 2.42. The van der Waals surface area contributed by atoms with Gasteiger partial charge in [-0.2, -0.15) is 5.26 Å². The van der Waals surface area contributed by atoms with Crippen molar-refractivity contribution in [1.82, 2.24) is 10.2 Å². The summed E-state index contributed by atoms with van der Waals surface area (Å²) < 4.78 is 0. The summed E-state index contributed by atoms with van der Waals surface area (Å²) in [6.07, 6.45) is 14.1. The van der Waals surface area contributed by atoms with Crippen molar-refractivity contribution in [2.75, 3.05) is 0 Å². The Balaban J connectivity index is 1.93. The standard InChI is InChI=1S/C13H15N3/c14-9-11-5-4-8-16-12(11)10-15-13(16)6-2-1-3-7-13/h4-5,8,10,15H,1-3,6-7H2. The molecule has 1 N–H and O–H groups in total. The number of rotatable bonds is 0. The zero-order valence-corrected chi connectivity index (χ0v) is 9.24. The predicted molar refractivity (Wildman–Crippen MR) is 61.7 cm³/mol. The van der Waals surface area contributed by atoms with Gasteiger partial charge in [-0.05, 0) is 37.8 Å². The van der Waals surface area contributed by atoms with E-state index in [9.17, 15) is 0 Å². The van der Waals surface area contributed by atoms with Crippen molar-refractivity contribution in [3.05, 3.63) is 35.8 Å². The van der Waals surface area contributed by atoms with Gasteiger partial charge < -0.3 is 10.2 Å². The quantitative estimate of drug-likeness (QED) is 0.671. The minimum atomic E-state index is 0.0560. The van der Waals surface area contributed by atoms with E-state index in [1.807, 2.05) is 18.4 Å². The van der Waals surface area contributed by atoms with E-state index in [4.69, 9.17) is 5.26 Å². The van der Waals surface area contributed by atoms with Crippen LogP contribution in [-0.2, 0) is 0 Å². The zero-order valence-electron chi connectivity index (χ0n) is 9.24. The summed E-state index contributed by atoms with van der Waals surface area (Å²) in [6.45, 7) is 0. The maximum absolute atomic E-state index is 9.08. The molecule has 1 spiro atoms. The van der Waals surface area contributed by atoms with Crippen LogP contribution in [0.5, 0.6) is 0 Å². The first-order valence-electron chi connectivity index (χ1n) is 5.92. The Labute approximate surface area is 95.7 Å². The van der Waals surface area contributed by atoms with Crippen LogP contribution in [0.15, 0.2) is 35.8 Å². The van der Waals surface area contributed by atoms with Gasteiger partial charge in [0.25, 0.3) is 0 Å². The van der Waals surface area contributed by atoms with Gasteiger partial charge >= 0.3 is 0 Å². The Bertz CT molecular complexity index is 431. The Morgan fingerprint density at radius 3 is 2.88 bits per heavy atom. The maximum Gasteiger partial charge on any atom is 0.114 e. The molecule has 0 atom stereocenters. The molecule has 2 aliphatic heterocycles. The summed E-state index contributed by atoms with van der Waals surface area (Å²) in [5.74, 6) is 0. The van der Waals surface area contributed by atoms with Crippen molar-refractivity contribution >= 4 is 0 Å². The van der Waals surface area contributed by atoms with Crippen LogP contribution in [0, 0.1) is 11.3 Å². The molecule has 3 heteroatoms. The van der Waals surface area contributed by atoms with E-state index in [0.29, 0.717) is 0 Å². The van der Waals surface area contributed by atoms with Crippen molar-refractivity contribution in [1.29, 1.82) is 5.26 Å². The third kappa shape index (κ3) is 1.19. The van der Waals surface area contributed by atoms with Gasteiger partial charge in [-0.3, -0.25) is 0 Å². The molecule has 3 nitrogen and oxygen atoms in total. The van der Waals surface area contributed by atoms with Crippen molar-refractivity contribution in [2.45, 2.75) is 37.8 Å². The van der Waals surface area contributed by atoms with Crippen LogP contribution >= 0.6 is 0 Å². The van der Waals surface area contributed by atoms with E-state index in [1.54, 1.807) is 0 Å². The Kier molecular flexibility index (Phi) is 2.03. The minimum Gasteiger partial charge on any atom is -0.367 e. The first-order chi connectivity index (χ1) is 7.86. The molecule has 0 radical (unpaired) electrons. The lowest BCUT2D eigenvalue weighted by molar-refractivity contribution is 0.126. The highest BCUT2D eigenvalue weighted by atomic mass is 15.4. The highest BCUT2D eigenvalue weighted by molar-refractivity contribution is 5.49. The Morgan fingerprint density at radius 1 is 1.31 bits per heavy atom. The zero-order chi connectivity index (χ0) is 11.0. The molecular formula is C13H15N3. The lowest BCUT2D eigenvalue weighted by Crippen LogP contribution is -2.51.